The van der Waals surface area contributed by atoms with Crippen molar-refractivity contribution in [3.63, 3.8) is 0 Å². The summed E-state index contributed by atoms with van der Waals surface area (Å²) in [6.07, 6.45) is -4.90. The number of alkyl halides is 3. The highest BCUT2D eigenvalue weighted by molar-refractivity contribution is 5.96. The second kappa shape index (κ2) is 4.56. The molecule has 4 nitrogen and oxygen atoms in total. The summed E-state index contributed by atoms with van der Waals surface area (Å²) in [5, 5.41) is 1.81. The van der Waals surface area contributed by atoms with Crippen LogP contribution < -0.4 is 5.32 Å². The molecule has 102 valence electrons. The Morgan fingerprint density at radius 3 is 2.68 bits per heavy atom. The summed E-state index contributed by atoms with van der Waals surface area (Å²) in [7, 11) is 0. The van der Waals surface area contributed by atoms with Gasteiger partial charge in [-0.2, -0.15) is 13.2 Å². The van der Waals surface area contributed by atoms with E-state index in [0.717, 1.165) is 17.9 Å². The molecule has 1 amide bonds. The molecule has 0 spiro atoms. The van der Waals surface area contributed by atoms with E-state index in [1.165, 1.54) is 12.1 Å². The molecule has 0 aliphatic rings. The van der Waals surface area contributed by atoms with Gasteiger partial charge in [0.1, 0.15) is 5.82 Å². The van der Waals surface area contributed by atoms with Crippen molar-refractivity contribution in [2.24, 2.45) is 0 Å². The molecule has 7 heteroatoms. The molecular weight excluding hydrogens is 259 g/mol. The number of amides is 1. The van der Waals surface area contributed by atoms with Crippen molar-refractivity contribution in [3.05, 3.63) is 24.0 Å². The predicted octanol–water partition coefficient (Wildman–Crippen LogP) is 2.87. The van der Waals surface area contributed by atoms with Crippen LogP contribution in [0.5, 0.6) is 0 Å². The second-order valence-corrected chi connectivity index (χ2v) is 4.06. The Bertz CT molecular complexity index is 631. The number of nitrogens with one attached hydrogen (secondary N) is 1. The zero-order chi connectivity index (χ0) is 14.2. The lowest BCUT2D eigenvalue weighted by atomic mass is 10.2. The number of carbonyl (C=O) groups excluding carboxylic acids is 1. The average Bonchev–Trinajstić information content (AvgIpc) is 2.62. The maximum Gasteiger partial charge on any atom is 0.471 e. The molecule has 0 atom stereocenters. The van der Waals surface area contributed by atoms with Gasteiger partial charge in [-0.1, -0.05) is 0 Å². The maximum atomic E-state index is 12.1. The number of anilines is 1. The lowest BCUT2D eigenvalue weighted by molar-refractivity contribution is -0.167. The molecule has 0 bridgehead atoms. The largest absolute Gasteiger partial charge is 0.471 e. The van der Waals surface area contributed by atoms with Gasteiger partial charge in [0.25, 0.3) is 0 Å². The van der Waals surface area contributed by atoms with Crippen molar-refractivity contribution in [3.8, 4) is 0 Å². The summed E-state index contributed by atoms with van der Waals surface area (Å²) < 4.78 is 38.4. The summed E-state index contributed by atoms with van der Waals surface area (Å²) in [5.74, 6) is -1.21. The van der Waals surface area contributed by atoms with Crippen LogP contribution in [0.4, 0.5) is 18.9 Å². The van der Waals surface area contributed by atoms with E-state index in [4.69, 9.17) is 0 Å². The number of imidazole rings is 1. The van der Waals surface area contributed by atoms with Crippen LogP contribution in [0.3, 0.4) is 0 Å². The van der Waals surface area contributed by atoms with Gasteiger partial charge in [0.15, 0.2) is 0 Å². The minimum absolute atomic E-state index is 0.0792. The molecule has 1 heterocycles. The number of aryl methyl sites for hydroxylation is 2. The van der Waals surface area contributed by atoms with Crippen LogP contribution >= 0.6 is 0 Å². The van der Waals surface area contributed by atoms with E-state index in [2.05, 4.69) is 4.98 Å². The topological polar surface area (TPSA) is 46.9 Å². The fraction of sp³-hybridized carbons (Fsp3) is 0.333. The second-order valence-electron chi connectivity index (χ2n) is 4.06. The van der Waals surface area contributed by atoms with Crippen LogP contribution in [0.1, 0.15) is 12.7 Å². The average molecular weight is 271 g/mol. The normalized spacial score (nSPS) is 11.8. The number of halogens is 3. The summed E-state index contributed by atoms with van der Waals surface area (Å²) in [6, 6.07) is 4.50. The fourth-order valence-electron chi connectivity index (χ4n) is 1.93. The smallest absolute Gasteiger partial charge is 0.329 e. The van der Waals surface area contributed by atoms with Gasteiger partial charge in [-0.05, 0) is 32.0 Å². The molecule has 0 fully saturated rings. The maximum absolute atomic E-state index is 12.1. The molecule has 1 N–H and O–H groups in total. The molecule has 0 aliphatic carbocycles. The first-order valence-electron chi connectivity index (χ1n) is 5.68. The standard InChI is InChI=1S/C12H12F3N3O/c1-3-18-7(2)16-9-6-8(4-5-10(9)18)17-11(19)12(13,14)15/h4-6H,3H2,1-2H3,(H,17,19). The van der Waals surface area contributed by atoms with Gasteiger partial charge in [-0.25, -0.2) is 4.98 Å². The van der Waals surface area contributed by atoms with Crippen molar-refractivity contribution in [1.82, 2.24) is 9.55 Å². The molecule has 0 saturated carbocycles. The van der Waals surface area contributed by atoms with E-state index >= 15 is 0 Å². The highest BCUT2D eigenvalue weighted by atomic mass is 19.4. The van der Waals surface area contributed by atoms with Gasteiger partial charge < -0.3 is 9.88 Å². The van der Waals surface area contributed by atoms with Crippen molar-refractivity contribution >= 4 is 22.6 Å². The number of hydrogen-bond donors (Lipinski definition) is 1. The highest BCUT2D eigenvalue weighted by Gasteiger charge is 2.38. The molecule has 1 aromatic carbocycles. The van der Waals surface area contributed by atoms with Gasteiger partial charge in [0, 0.05) is 12.2 Å². The predicted molar refractivity (Wildman–Crippen MR) is 64.8 cm³/mol. The van der Waals surface area contributed by atoms with Crippen LogP contribution in [-0.4, -0.2) is 21.6 Å². The first kappa shape index (κ1) is 13.4. The summed E-state index contributed by atoms with van der Waals surface area (Å²) >= 11 is 0. The lowest BCUT2D eigenvalue weighted by Crippen LogP contribution is -2.29. The van der Waals surface area contributed by atoms with Gasteiger partial charge in [0.2, 0.25) is 0 Å². The van der Waals surface area contributed by atoms with E-state index in [9.17, 15) is 18.0 Å². The summed E-state index contributed by atoms with van der Waals surface area (Å²) in [6.45, 7) is 4.49. The Balaban J connectivity index is 2.35. The lowest BCUT2D eigenvalue weighted by Gasteiger charge is -2.08. The SMILES string of the molecule is CCn1c(C)nc2cc(NC(=O)C(F)(F)F)ccc21. The minimum Gasteiger partial charge on any atom is -0.329 e. The van der Waals surface area contributed by atoms with Gasteiger partial charge in [-0.3, -0.25) is 4.79 Å². The molecule has 2 aromatic rings. The first-order valence-corrected chi connectivity index (χ1v) is 5.68. The first-order chi connectivity index (χ1) is 8.82. The quantitative estimate of drug-likeness (QED) is 0.913. The van der Waals surface area contributed by atoms with E-state index in [0.29, 0.717) is 5.52 Å². The molecule has 0 saturated heterocycles. The third kappa shape index (κ3) is 2.54. The third-order valence-corrected chi connectivity index (χ3v) is 2.77. The Labute approximate surface area is 107 Å². The monoisotopic (exact) mass is 271 g/mol. The number of rotatable bonds is 2. The van der Waals surface area contributed by atoms with E-state index < -0.39 is 12.1 Å². The molecule has 1 aromatic heterocycles. The van der Waals surface area contributed by atoms with Gasteiger partial charge >= 0.3 is 12.1 Å². The van der Waals surface area contributed by atoms with Crippen molar-refractivity contribution in [2.75, 3.05) is 5.32 Å². The number of carbonyl (C=O) groups is 1. The van der Waals surface area contributed by atoms with E-state index in [-0.39, 0.29) is 5.69 Å². The Hall–Kier alpha value is -2.05. The van der Waals surface area contributed by atoms with Crippen LogP contribution in [0.2, 0.25) is 0 Å². The van der Waals surface area contributed by atoms with Gasteiger partial charge in [-0.15, -0.1) is 0 Å². The highest BCUT2D eigenvalue weighted by Crippen LogP contribution is 2.22. The molecule has 0 radical (unpaired) electrons. The Morgan fingerprint density at radius 2 is 2.11 bits per heavy atom. The number of hydrogen-bond acceptors (Lipinski definition) is 2. The molecule has 0 unspecified atom stereocenters. The van der Waals surface area contributed by atoms with E-state index in [1.54, 1.807) is 6.07 Å². The zero-order valence-corrected chi connectivity index (χ0v) is 10.4. The van der Waals surface area contributed by atoms with Crippen molar-refractivity contribution in [1.29, 1.82) is 0 Å². The summed E-state index contributed by atoms with van der Waals surface area (Å²) in [4.78, 5) is 15.1. The van der Waals surface area contributed by atoms with Crippen LogP contribution in [0.15, 0.2) is 18.2 Å². The molecule has 0 aliphatic heterocycles. The fourth-order valence-corrected chi connectivity index (χ4v) is 1.93. The number of fused-ring (bicyclic) bond motifs is 1. The van der Waals surface area contributed by atoms with Crippen molar-refractivity contribution in [2.45, 2.75) is 26.6 Å². The Morgan fingerprint density at radius 1 is 1.42 bits per heavy atom. The molecular formula is C12H12F3N3O. The van der Waals surface area contributed by atoms with Gasteiger partial charge in [0.05, 0.1) is 11.0 Å². The number of aromatic nitrogens is 2. The Kier molecular flexibility index (Phi) is 3.21. The molecule has 19 heavy (non-hydrogen) atoms. The number of benzene rings is 1. The van der Waals surface area contributed by atoms with E-state index in [1.807, 2.05) is 23.7 Å². The van der Waals surface area contributed by atoms with Crippen LogP contribution in [0.25, 0.3) is 11.0 Å². The number of nitrogens with zero attached hydrogens (tertiary/aromatic N) is 2. The third-order valence-electron chi connectivity index (χ3n) is 2.77. The van der Waals surface area contributed by atoms with Crippen LogP contribution in [0, 0.1) is 6.92 Å². The van der Waals surface area contributed by atoms with Crippen molar-refractivity contribution < 1.29 is 18.0 Å². The summed E-state index contributed by atoms with van der Waals surface area (Å²) in [5.41, 5.74) is 1.46. The molecule has 2 rings (SSSR count). The van der Waals surface area contributed by atoms with Crippen LogP contribution in [-0.2, 0) is 11.3 Å². The zero-order valence-electron chi connectivity index (χ0n) is 10.4. The minimum atomic E-state index is -4.90.